The summed E-state index contributed by atoms with van der Waals surface area (Å²) in [5.74, 6) is 0.336. The first-order valence-electron chi connectivity index (χ1n) is 6.67. The van der Waals surface area contributed by atoms with Gasteiger partial charge in [-0.2, -0.15) is 0 Å². The van der Waals surface area contributed by atoms with Crippen LogP contribution in [0.15, 0.2) is 22.7 Å². The fourth-order valence-electron chi connectivity index (χ4n) is 2.80. The van der Waals surface area contributed by atoms with Crippen LogP contribution in [0.5, 0.6) is 0 Å². The number of hydrogen-bond acceptors (Lipinski definition) is 3. The van der Waals surface area contributed by atoms with Crippen molar-refractivity contribution in [2.45, 2.75) is 31.3 Å². The van der Waals surface area contributed by atoms with Crippen molar-refractivity contribution in [3.63, 3.8) is 0 Å². The number of nitrogens with two attached hydrogens (primary N) is 1. The number of halogens is 2. The first kappa shape index (κ1) is 15.3. The van der Waals surface area contributed by atoms with E-state index in [1.807, 2.05) is 18.2 Å². The molecule has 1 aromatic rings. The number of rotatable bonds is 5. The molecule has 0 heterocycles. The van der Waals surface area contributed by atoms with Crippen LogP contribution >= 0.6 is 27.5 Å². The standard InChI is InChI=1S/C14H20BrClN2O/c15-10-4-5-11(12(16)6-10)14(7-17)18-13-3-1-2-9(13)8-19/h4-6,9,13-14,18-19H,1-3,7-8,17H2. The summed E-state index contributed by atoms with van der Waals surface area (Å²) >= 11 is 9.69. The minimum Gasteiger partial charge on any atom is -0.396 e. The van der Waals surface area contributed by atoms with E-state index in [-0.39, 0.29) is 12.6 Å². The number of benzene rings is 1. The lowest BCUT2D eigenvalue weighted by atomic mass is 10.0. The highest BCUT2D eigenvalue weighted by atomic mass is 79.9. The van der Waals surface area contributed by atoms with Gasteiger partial charge < -0.3 is 16.2 Å². The van der Waals surface area contributed by atoms with Gasteiger partial charge in [-0.15, -0.1) is 0 Å². The molecule has 3 atom stereocenters. The van der Waals surface area contributed by atoms with Gasteiger partial charge in [-0.25, -0.2) is 0 Å². The van der Waals surface area contributed by atoms with Crippen molar-refractivity contribution >= 4 is 27.5 Å². The molecule has 0 aromatic heterocycles. The van der Waals surface area contributed by atoms with Gasteiger partial charge in [-0.1, -0.05) is 40.0 Å². The van der Waals surface area contributed by atoms with E-state index in [4.69, 9.17) is 17.3 Å². The second kappa shape index (κ2) is 7.04. The van der Waals surface area contributed by atoms with E-state index in [1.54, 1.807) is 0 Å². The minimum absolute atomic E-state index is 0.0396. The topological polar surface area (TPSA) is 58.3 Å². The summed E-state index contributed by atoms with van der Waals surface area (Å²) in [6, 6.07) is 6.24. The average molecular weight is 348 g/mol. The zero-order chi connectivity index (χ0) is 13.8. The molecule has 19 heavy (non-hydrogen) atoms. The van der Waals surface area contributed by atoms with E-state index in [1.165, 1.54) is 0 Å². The average Bonchev–Trinajstić information content (AvgIpc) is 2.84. The first-order valence-corrected chi connectivity index (χ1v) is 7.84. The summed E-state index contributed by atoms with van der Waals surface area (Å²) in [4.78, 5) is 0. The molecule has 3 unspecified atom stereocenters. The molecule has 0 spiro atoms. The smallest absolute Gasteiger partial charge is 0.0474 e. The van der Waals surface area contributed by atoms with Gasteiger partial charge in [-0.05, 0) is 36.5 Å². The Bertz CT molecular complexity index is 430. The van der Waals surface area contributed by atoms with E-state index in [0.717, 1.165) is 34.3 Å². The molecule has 1 saturated carbocycles. The van der Waals surface area contributed by atoms with Gasteiger partial charge in [0.2, 0.25) is 0 Å². The SMILES string of the molecule is NCC(NC1CCCC1CO)c1ccc(Br)cc1Cl. The highest BCUT2D eigenvalue weighted by Gasteiger charge is 2.28. The monoisotopic (exact) mass is 346 g/mol. The van der Waals surface area contributed by atoms with Crippen LogP contribution in [-0.2, 0) is 0 Å². The van der Waals surface area contributed by atoms with Crippen molar-refractivity contribution in [3.8, 4) is 0 Å². The maximum Gasteiger partial charge on any atom is 0.0474 e. The predicted octanol–water partition coefficient (Wildman–Crippen LogP) is 2.85. The Morgan fingerprint density at radius 2 is 2.26 bits per heavy atom. The van der Waals surface area contributed by atoms with Gasteiger partial charge in [-0.3, -0.25) is 0 Å². The summed E-state index contributed by atoms with van der Waals surface area (Å²) in [6.07, 6.45) is 3.34. The summed E-state index contributed by atoms with van der Waals surface area (Å²) in [5, 5.41) is 13.7. The third-order valence-corrected chi connectivity index (χ3v) is 4.70. The molecule has 1 aliphatic rings. The van der Waals surface area contributed by atoms with Gasteiger partial charge in [0.05, 0.1) is 0 Å². The van der Waals surface area contributed by atoms with Crippen LogP contribution < -0.4 is 11.1 Å². The Labute approximate surface area is 127 Å². The number of hydrogen-bond donors (Lipinski definition) is 3. The van der Waals surface area contributed by atoms with Gasteiger partial charge in [0.1, 0.15) is 0 Å². The van der Waals surface area contributed by atoms with Crippen molar-refractivity contribution in [2.24, 2.45) is 11.7 Å². The fraction of sp³-hybridized carbons (Fsp3) is 0.571. The Kier molecular flexibility index (Phi) is 5.66. The van der Waals surface area contributed by atoms with Crippen LogP contribution in [0.25, 0.3) is 0 Å². The molecule has 0 amide bonds. The molecule has 0 aliphatic heterocycles. The van der Waals surface area contributed by atoms with Crippen molar-refractivity contribution < 1.29 is 5.11 Å². The van der Waals surface area contributed by atoms with Gasteiger partial charge in [0, 0.05) is 34.7 Å². The quantitative estimate of drug-likeness (QED) is 0.767. The Balaban J connectivity index is 2.11. The normalized spacial score (nSPS) is 24.6. The summed E-state index contributed by atoms with van der Waals surface area (Å²) < 4.78 is 0.964. The molecule has 1 aromatic carbocycles. The lowest BCUT2D eigenvalue weighted by molar-refractivity contribution is 0.200. The lowest BCUT2D eigenvalue weighted by Gasteiger charge is -2.26. The molecule has 1 aliphatic carbocycles. The highest BCUT2D eigenvalue weighted by Crippen LogP contribution is 2.30. The number of aliphatic hydroxyl groups is 1. The molecule has 5 heteroatoms. The van der Waals surface area contributed by atoms with Gasteiger partial charge >= 0.3 is 0 Å². The summed E-state index contributed by atoms with van der Waals surface area (Å²) in [5.41, 5.74) is 6.91. The largest absolute Gasteiger partial charge is 0.396 e. The molecule has 106 valence electrons. The Hall–Kier alpha value is -0.130. The van der Waals surface area contributed by atoms with Crippen LogP contribution in [0.2, 0.25) is 5.02 Å². The third-order valence-electron chi connectivity index (χ3n) is 3.88. The summed E-state index contributed by atoms with van der Waals surface area (Å²) in [6.45, 7) is 0.735. The number of aliphatic hydroxyl groups excluding tert-OH is 1. The number of nitrogens with one attached hydrogen (secondary N) is 1. The molecule has 4 N–H and O–H groups in total. The molecular formula is C14H20BrClN2O. The second-order valence-corrected chi connectivity index (χ2v) is 6.42. The zero-order valence-electron chi connectivity index (χ0n) is 10.8. The minimum atomic E-state index is 0.0396. The molecule has 3 nitrogen and oxygen atoms in total. The van der Waals surface area contributed by atoms with Crippen molar-refractivity contribution in [2.75, 3.05) is 13.2 Å². The first-order chi connectivity index (χ1) is 9.15. The Morgan fingerprint density at radius 1 is 1.47 bits per heavy atom. The molecular weight excluding hydrogens is 328 g/mol. The molecule has 0 bridgehead atoms. The van der Waals surface area contributed by atoms with E-state index in [9.17, 15) is 5.11 Å². The maximum absolute atomic E-state index is 9.38. The van der Waals surface area contributed by atoms with Crippen LogP contribution in [0.4, 0.5) is 0 Å². The van der Waals surface area contributed by atoms with Gasteiger partial charge in [0.15, 0.2) is 0 Å². The second-order valence-electron chi connectivity index (χ2n) is 5.10. The van der Waals surface area contributed by atoms with Crippen molar-refractivity contribution in [1.82, 2.24) is 5.32 Å². The fourth-order valence-corrected chi connectivity index (χ4v) is 3.61. The summed E-state index contributed by atoms with van der Waals surface area (Å²) in [7, 11) is 0. The van der Waals surface area contributed by atoms with E-state index < -0.39 is 0 Å². The molecule has 2 rings (SSSR count). The van der Waals surface area contributed by atoms with Crippen molar-refractivity contribution in [3.05, 3.63) is 33.3 Å². The van der Waals surface area contributed by atoms with E-state index in [0.29, 0.717) is 18.5 Å². The van der Waals surface area contributed by atoms with E-state index >= 15 is 0 Å². The van der Waals surface area contributed by atoms with Crippen LogP contribution in [-0.4, -0.2) is 24.3 Å². The van der Waals surface area contributed by atoms with Crippen LogP contribution in [0.1, 0.15) is 30.9 Å². The van der Waals surface area contributed by atoms with Crippen LogP contribution in [0, 0.1) is 5.92 Å². The predicted molar refractivity (Wildman–Crippen MR) is 82.3 cm³/mol. The highest BCUT2D eigenvalue weighted by molar-refractivity contribution is 9.10. The molecule has 1 fully saturated rings. The molecule has 0 saturated heterocycles. The third kappa shape index (κ3) is 3.70. The molecule has 0 radical (unpaired) electrons. The lowest BCUT2D eigenvalue weighted by Crippen LogP contribution is -2.40. The maximum atomic E-state index is 9.38. The Morgan fingerprint density at radius 3 is 2.89 bits per heavy atom. The van der Waals surface area contributed by atoms with Crippen LogP contribution in [0.3, 0.4) is 0 Å². The zero-order valence-corrected chi connectivity index (χ0v) is 13.1. The van der Waals surface area contributed by atoms with E-state index in [2.05, 4.69) is 21.2 Å². The van der Waals surface area contributed by atoms with Gasteiger partial charge in [0.25, 0.3) is 0 Å². The van der Waals surface area contributed by atoms with Crippen molar-refractivity contribution in [1.29, 1.82) is 0 Å².